The van der Waals surface area contributed by atoms with Crippen LogP contribution in [0.3, 0.4) is 0 Å². The molecule has 1 saturated carbocycles. The van der Waals surface area contributed by atoms with E-state index in [9.17, 15) is 9.59 Å². The average Bonchev–Trinajstić information content (AvgIpc) is 2.79. The van der Waals surface area contributed by atoms with E-state index in [0.29, 0.717) is 34.0 Å². The molecule has 0 atom stereocenters. The van der Waals surface area contributed by atoms with E-state index in [0.717, 1.165) is 19.3 Å². The molecule has 0 spiro atoms. The SMILES string of the molecule is NC1(C(=O)Nc2cc3[nH]c(=O)[nH]c3cc2Br)CCCCC1. The van der Waals surface area contributed by atoms with Crippen LogP contribution in [0.2, 0.25) is 0 Å². The van der Waals surface area contributed by atoms with Crippen molar-refractivity contribution in [3.8, 4) is 0 Å². The normalized spacial score (nSPS) is 17.8. The molecular formula is C14H17BrN4O2. The molecule has 1 heterocycles. The Kier molecular flexibility index (Phi) is 3.62. The van der Waals surface area contributed by atoms with Crippen molar-refractivity contribution in [2.75, 3.05) is 5.32 Å². The number of hydrogen-bond acceptors (Lipinski definition) is 3. The molecule has 6 nitrogen and oxygen atoms in total. The van der Waals surface area contributed by atoms with Crippen LogP contribution in [0.25, 0.3) is 11.0 Å². The number of fused-ring (bicyclic) bond motifs is 1. The summed E-state index contributed by atoms with van der Waals surface area (Å²) in [5.74, 6) is -0.167. The van der Waals surface area contributed by atoms with Gasteiger partial charge in [-0.05, 0) is 40.9 Å². The molecule has 7 heteroatoms. The Morgan fingerprint density at radius 2 is 1.81 bits per heavy atom. The van der Waals surface area contributed by atoms with Crippen LogP contribution in [0, 0.1) is 0 Å². The molecule has 0 saturated heterocycles. The molecule has 0 aliphatic heterocycles. The van der Waals surface area contributed by atoms with E-state index in [1.165, 1.54) is 0 Å². The zero-order chi connectivity index (χ0) is 15.0. The van der Waals surface area contributed by atoms with E-state index in [2.05, 4.69) is 31.2 Å². The van der Waals surface area contributed by atoms with Gasteiger partial charge in [-0.15, -0.1) is 0 Å². The zero-order valence-electron chi connectivity index (χ0n) is 11.5. The zero-order valence-corrected chi connectivity index (χ0v) is 13.0. The van der Waals surface area contributed by atoms with Gasteiger partial charge in [-0.1, -0.05) is 19.3 Å². The van der Waals surface area contributed by atoms with Crippen LogP contribution in [-0.2, 0) is 4.79 Å². The van der Waals surface area contributed by atoms with E-state index in [1.54, 1.807) is 12.1 Å². The second-order valence-corrected chi connectivity index (χ2v) is 6.48. The number of halogens is 1. The first-order valence-electron chi connectivity index (χ1n) is 7.00. The number of rotatable bonds is 2. The lowest BCUT2D eigenvalue weighted by atomic mass is 9.82. The van der Waals surface area contributed by atoms with Crippen molar-refractivity contribution >= 4 is 38.6 Å². The third kappa shape index (κ3) is 2.75. The van der Waals surface area contributed by atoms with Crippen molar-refractivity contribution in [2.24, 2.45) is 5.73 Å². The number of amides is 1. The highest BCUT2D eigenvalue weighted by Crippen LogP contribution is 2.30. The van der Waals surface area contributed by atoms with Gasteiger partial charge in [0.2, 0.25) is 5.91 Å². The molecule has 3 rings (SSSR count). The minimum absolute atomic E-state index is 0.167. The van der Waals surface area contributed by atoms with Crippen molar-refractivity contribution in [1.29, 1.82) is 0 Å². The summed E-state index contributed by atoms with van der Waals surface area (Å²) in [7, 11) is 0. The van der Waals surface area contributed by atoms with Gasteiger partial charge in [0.05, 0.1) is 22.3 Å². The number of aromatic amines is 2. The lowest BCUT2D eigenvalue weighted by Crippen LogP contribution is -2.52. The molecule has 0 bridgehead atoms. The maximum Gasteiger partial charge on any atom is 0.323 e. The first kappa shape index (κ1) is 14.3. The van der Waals surface area contributed by atoms with Crippen molar-refractivity contribution in [3.05, 3.63) is 27.1 Å². The standard InChI is InChI=1S/C14H17BrN4O2/c15-8-6-10-11(19-13(21)18-10)7-9(8)17-12(20)14(16)4-2-1-3-5-14/h6-7H,1-5,16H2,(H,17,20)(H2,18,19,21). The quantitative estimate of drug-likeness (QED) is 0.665. The van der Waals surface area contributed by atoms with Crippen LogP contribution in [0.5, 0.6) is 0 Å². The van der Waals surface area contributed by atoms with E-state index in [-0.39, 0.29) is 11.6 Å². The van der Waals surface area contributed by atoms with Crippen LogP contribution in [0.1, 0.15) is 32.1 Å². The van der Waals surface area contributed by atoms with Crippen LogP contribution >= 0.6 is 15.9 Å². The number of imidazole rings is 1. The lowest BCUT2D eigenvalue weighted by molar-refractivity contribution is -0.122. The maximum absolute atomic E-state index is 12.4. The highest BCUT2D eigenvalue weighted by molar-refractivity contribution is 9.10. The molecule has 1 aromatic heterocycles. The molecule has 21 heavy (non-hydrogen) atoms. The van der Waals surface area contributed by atoms with Gasteiger partial charge >= 0.3 is 5.69 Å². The molecule has 5 N–H and O–H groups in total. The fourth-order valence-electron chi connectivity index (χ4n) is 2.81. The van der Waals surface area contributed by atoms with E-state index in [4.69, 9.17) is 5.73 Å². The second kappa shape index (κ2) is 5.31. The molecule has 1 aromatic carbocycles. The number of H-pyrrole nitrogens is 2. The Morgan fingerprint density at radius 1 is 1.19 bits per heavy atom. The van der Waals surface area contributed by atoms with Crippen LogP contribution in [0.15, 0.2) is 21.4 Å². The van der Waals surface area contributed by atoms with E-state index < -0.39 is 5.54 Å². The fourth-order valence-corrected chi connectivity index (χ4v) is 3.25. The Balaban J connectivity index is 1.88. The summed E-state index contributed by atoms with van der Waals surface area (Å²) in [6, 6.07) is 3.48. The topological polar surface area (TPSA) is 104 Å². The Hall–Kier alpha value is -1.60. The van der Waals surface area contributed by atoms with E-state index in [1.807, 2.05) is 0 Å². The monoisotopic (exact) mass is 352 g/mol. The smallest absolute Gasteiger partial charge is 0.323 e. The molecular weight excluding hydrogens is 336 g/mol. The van der Waals surface area contributed by atoms with Gasteiger partial charge in [-0.3, -0.25) is 4.79 Å². The van der Waals surface area contributed by atoms with Gasteiger partial charge in [0.15, 0.2) is 0 Å². The molecule has 112 valence electrons. The second-order valence-electron chi connectivity index (χ2n) is 5.63. The number of aromatic nitrogens is 2. The molecule has 0 radical (unpaired) electrons. The first-order chi connectivity index (χ1) is 9.98. The summed E-state index contributed by atoms with van der Waals surface area (Å²) in [6.45, 7) is 0. The van der Waals surface area contributed by atoms with Crippen molar-refractivity contribution in [2.45, 2.75) is 37.6 Å². The number of carbonyl (C=O) groups excluding carboxylic acids is 1. The number of nitrogens with one attached hydrogen (secondary N) is 3. The molecule has 1 fully saturated rings. The number of benzene rings is 1. The minimum atomic E-state index is -0.793. The highest BCUT2D eigenvalue weighted by Gasteiger charge is 2.35. The van der Waals surface area contributed by atoms with Gasteiger partial charge in [0.25, 0.3) is 0 Å². The number of carbonyl (C=O) groups is 1. The van der Waals surface area contributed by atoms with Crippen molar-refractivity contribution < 1.29 is 4.79 Å². The first-order valence-corrected chi connectivity index (χ1v) is 7.79. The third-order valence-corrected chi connectivity index (χ3v) is 4.71. The minimum Gasteiger partial charge on any atom is -0.323 e. The predicted octanol–water partition coefficient (Wildman–Crippen LogP) is 2.22. The lowest BCUT2D eigenvalue weighted by Gasteiger charge is -2.31. The molecule has 0 unspecified atom stereocenters. The summed E-state index contributed by atoms with van der Waals surface area (Å²) in [4.78, 5) is 29.1. The maximum atomic E-state index is 12.4. The Labute approximate surface area is 129 Å². The Bertz CT molecular complexity index is 743. The van der Waals surface area contributed by atoms with Crippen molar-refractivity contribution in [1.82, 2.24) is 9.97 Å². The molecule has 1 aliphatic rings. The molecule has 1 aliphatic carbocycles. The van der Waals surface area contributed by atoms with E-state index >= 15 is 0 Å². The number of anilines is 1. The van der Waals surface area contributed by atoms with Crippen LogP contribution in [0.4, 0.5) is 5.69 Å². The summed E-state index contributed by atoms with van der Waals surface area (Å²) in [5, 5.41) is 2.88. The molecule has 1 amide bonds. The third-order valence-electron chi connectivity index (χ3n) is 4.05. The van der Waals surface area contributed by atoms with Gasteiger partial charge in [0.1, 0.15) is 0 Å². The fraction of sp³-hybridized carbons (Fsp3) is 0.429. The number of hydrogen-bond donors (Lipinski definition) is 4. The summed E-state index contributed by atoms with van der Waals surface area (Å²) in [5.41, 5.74) is 7.10. The highest BCUT2D eigenvalue weighted by atomic mass is 79.9. The van der Waals surface area contributed by atoms with Gasteiger partial charge in [-0.2, -0.15) is 0 Å². The van der Waals surface area contributed by atoms with Gasteiger partial charge < -0.3 is 21.0 Å². The molecule has 2 aromatic rings. The van der Waals surface area contributed by atoms with Crippen LogP contribution < -0.4 is 16.7 Å². The predicted molar refractivity (Wildman–Crippen MR) is 85.3 cm³/mol. The summed E-state index contributed by atoms with van der Waals surface area (Å²) < 4.78 is 0.706. The summed E-state index contributed by atoms with van der Waals surface area (Å²) in [6.07, 6.45) is 4.51. The Morgan fingerprint density at radius 3 is 2.48 bits per heavy atom. The average molecular weight is 353 g/mol. The largest absolute Gasteiger partial charge is 0.323 e. The number of nitrogens with two attached hydrogens (primary N) is 1. The van der Waals surface area contributed by atoms with Crippen LogP contribution in [-0.4, -0.2) is 21.4 Å². The van der Waals surface area contributed by atoms with Crippen molar-refractivity contribution in [3.63, 3.8) is 0 Å². The van der Waals surface area contributed by atoms with Gasteiger partial charge in [0, 0.05) is 4.47 Å². The summed E-state index contributed by atoms with van der Waals surface area (Å²) >= 11 is 3.41. The van der Waals surface area contributed by atoms with Gasteiger partial charge in [-0.25, -0.2) is 4.79 Å².